The van der Waals surface area contributed by atoms with Gasteiger partial charge in [0, 0.05) is 45.8 Å². The van der Waals surface area contributed by atoms with Crippen LogP contribution in [0.3, 0.4) is 0 Å². The van der Waals surface area contributed by atoms with Crippen molar-refractivity contribution in [1.82, 2.24) is 4.57 Å². The fraction of sp³-hybridized carbons (Fsp3) is 0.233. The summed E-state index contributed by atoms with van der Waals surface area (Å²) in [6.07, 6.45) is 2.24. The first-order valence-electron chi connectivity index (χ1n) is 11.9. The average Bonchev–Trinajstić information content (AvgIpc) is 3.45. The molecular formula is C30H27N3O3. The second kappa shape index (κ2) is 9.01. The molecule has 180 valence electrons. The lowest BCUT2D eigenvalue weighted by atomic mass is 9.81. The van der Waals surface area contributed by atoms with E-state index in [1.807, 2.05) is 36.5 Å². The molecule has 1 aliphatic heterocycles. The maximum atomic E-state index is 11.5. The van der Waals surface area contributed by atoms with Gasteiger partial charge >= 0.3 is 5.97 Å². The van der Waals surface area contributed by atoms with Gasteiger partial charge in [0.25, 0.3) is 0 Å². The number of aromatic carboxylic acids is 1. The van der Waals surface area contributed by atoms with Gasteiger partial charge in [-0.2, -0.15) is 5.26 Å². The molecule has 0 saturated carbocycles. The molecule has 1 N–H and O–H groups in total. The van der Waals surface area contributed by atoms with Crippen molar-refractivity contribution in [2.24, 2.45) is 4.99 Å². The Kier molecular flexibility index (Phi) is 5.85. The summed E-state index contributed by atoms with van der Waals surface area (Å²) in [5.41, 5.74) is 7.07. The van der Waals surface area contributed by atoms with Crippen LogP contribution < -0.4 is 4.74 Å². The topological polar surface area (TPSA) is 87.6 Å². The monoisotopic (exact) mass is 477 g/mol. The second-order valence-corrected chi connectivity index (χ2v) is 9.76. The van der Waals surface area contributed by atoms with E-state index in [0.717, 1.165) is 50.2 Å². The lowest BCUT2D eigenvalue weighted by molar-refractivity contribution is 0.0697. The number of carbonyl (C=O) groups is 1. The van der Waals surface area contributed by atoms with Gasteiger partial charge in [0.2, 0.25) is 0 Å². The van der Waals surface area contributed by atoms with Crippen LogP contribution >= 0.6 is 0 Å². The highest BCUT2D eigenvalue weighted by Gasteiger charge is 2.32. The first-order valence-corrected chi connectivity index (χ1v) is 11.9. The SMILES string of the molecule is COc1ccccc1Cn1c(C(C)(C)CC#N)c(-c2ccc(C(=O)O)cc2)c2cc3c(cc21)C=NC3. The van der Waals surface area contributed by atoms with Crippen molar-refractivity contribution in [2.75, 3.05) is 7.11 Å². The predicted molar refractivity (Wildman–Crippen MR) is 141 cm³/mol. The van der Waals surface area contributed by atoms with Crippen molar-refractivity contribution in [2.45, 2.75) is 38.8 Å². The van der Waals surface area contributed by atoms with Gasteiger partial charge in [-0.05, 0) is 47.0 Å². The summed E-state index contributed by atoms with van der Waals surface area (Å²) in [5.74, 6) is -0.154. The number of carboxylic acid groups (broad SMARTS) is 1. The Bertz CT molecular complexity index is 1550. The highest BCUT2D eigenvalue weighted by molar-refractivity contribution is 6.03. The van der Waals surface area contributed by atoms with Gasteiger partial charge in [0.1, 0.15) is 5.75 Å². The van der Waals surface area contributed by atoms with Crippen LogP contribution in [0.5, 0.6) is 5.75 Å². The molecule has 0 radical (unpaired) electrons. The standard InChI is InChI=1S/C30H27N3O3/c1-30(2,12-13-31)28-27(19-8-10-20(11-9-19)29(34)35)24-14-22-16-32-17-23(22)15-25(24)33(28)18-21-6-4-5-7-26(21)36-3/h4-11,14-15,17H,12,16,18H2,1-3H3,(H,34,35). The van der Waals surface area contributed by atoms with E-state index in [9.17, 15) is 15.2 Å². The summed E-state index contributed by atoms with van der Waals surface area (Å²) < 4.78 is 7.95. The van der Waals surface area contributed by atoms with E-state index in [1.54, 1.807) is 19.2 Å². The molecule has 2 heterocycles. The van der Waals surface area contributed by atoms with E-state index in [0.29, 0.717) is 19.5 Å². The molecule has 6 heteroatoms. The van der Waals surface area contributed by atoms with Crippen molar-refractivity contribution in [3.63, 3.8) is 0 Å². The van der Waals surface area contributed by atoms with Crippen LogP contribution in [-0.2, 0) is 18.5 Å². The molecule has 0 saturated heterocycles. The van der Waals surface area contributed by atoms with E-state index >= 15 is 0 Å². The van der Waals surface area contributed by atoms with Gasteiger partial charge in [-0.1, -0.05) is 44.2 Å². The van der Waals surface area contributed by atoms with E-state index in [2.05, 4.69) is 47.7 Å². The minimum absolute atomic E-state index is 0.239. The minimum Gasteiger partial charge on any atom is -0.496 e. The number of nitriles is 1. The second-order valence-electron chi connectivity index (χ2n) is 9.76. The Balaban J connectivity index is 1.85. The molecule has 1 aliphatic rings. The number of hydrogen-bond donors (Lipinski definition) is 1. The van der Waals surface area contributed by atoms with Crippen molar-refractivity contribution < 1.29 is 14.6 Å². The Morgan fingerprint density at radius 3 is 2.61 bits per heavy atom. The van der Waals surface area contributed by atoms with Gasteiger partial charge in [-0.3, -0.25) is 4.99 Å². The van der Waals surface area contributed by atoms with Gasteiger partial charge in [0.15, 0.2) is 0 Å². The van der Waals surface area contributed by atoms with E-state index in [-0.39, 0.29) is 5.56 Å². The maximum Gasteiger partial charge on any atom is 0.335 e. The van der Waals surface area contributed by atoms with Crippen molar-refractivity contribution in [1.29, 1.82) is 5.26 Å². The van der Waals surface area contributed by atoms with Gasteiger partial charge in [-0.15, -0.1) is 0 Å². The molecule has 0 aliphatic carbocycles. The fourth-order valence-electron chi connectivity index (χ4n) is 5.18. The molecule has 0 bridgehead atoms. The highest BCUT2D eigenvalue weighted by atomic mass is 16.5. The van der Waals surface area contributed by atoms with Crippen LogP contribution in [0, 0.1) is 11.3 Å². The summed E-state index contributed by atoms with van der Waals surface area (Å²) in [4.78, 5) is 16.0. The molecule has 0 atom stereocenters. The summed E-state index contributed by atoms with van der Waals surface area (Å²) in [7, 11) is 1.67. The fourth-order valence-corrected chi connectivity index (χ4v) is 5.18. The summed E-state index contributed by atoms with van der Waals surface area (Å²) in [6.45, 7) is 5.38. The number of nitrogens with zero attached hydrogens (tertiary/aromatic N) is 3. The largest absolute Gasteiger partial charge is 0.496 e. The van der Waals surface area contributed by atoms with Crippen molar-refractivity contribution in [3.05, 3.63) is 88.6 Å². The molecule has 0 fully saturated rings. The van der Waals surface area contributed by atoms with Gasteiger partial charge in [-0.25, -0.2) is 4.79 Å². The quantitative estimate of drug-likeness (QED) is 0.344. The molecule has 0 spiro atoms. The van der Waals surface area contributed by atoms with Crippen molar-refractivity contribution in [3.8, 4) is 22.9 Å². The Morgan fingerprint density at radius 2 is 1.92 bits per heavy atom. The number of methoxy groups -OCH3 is 1. The summed E-state index contributed by atoms with van der Waals surface area (Å²) >= 11 is 0. The van der Waals surface area contributed by atoms with E-state index in [4.69, 9.17) is 4.74 Å². The zero-order valence-corrected chi connectivity index (χ0v) is 20.6. The predicted octanol–water partition coefficient (Wildman–Crippen LogP) is 6.19. The molecule has 0 amide bonds. The number of hydrogen-bond acceptors (Lipinski definition) is 4. The number of rotatable bonds is 7. The molecule has 6 nitrogen and oxygen atoms in total. The van der Waals surface area contributed by atoms with Crippen LogP contribution in [0.2, 0.25) is 0 Å². The van der Waals surface area contributed by atoms with Gasteiger partial charge < -0.3 is 14.4 Å². The number of carboxylic acids is 1. The number of ether oxygens (including phenoxy) is 1. The molecule has 0 unspecified atom stereocenters. The molecular weight excluding hydrogens is 450 g/mol. The van der Waals surface area contributed by atoms with Gasteiger partial charge in [0.05, 0.1) is 31.8 Å². The molecule has 4 aromatic rings. The third kappa shape index (κ3) is 3.93. The number of benzene rings is 3. The molecule has 1 aromatic heterocycles. The van der Waals surface area contributed by atoms with E-state index < -0.39 is 11.4 Å². The van der Waals surface area contributed by atoms with Crippen LogP contribution in [0.15, 0.2) is 65.7 Å². The zero-order valence-electron chi connectivity index (χ0n) is 20.6. The molecule has 3 aromatic carbocycles. The average molecular weight is 478 g/mol. The van der Waals surface area contributed by atoms with Crippen LogP contribution in [0.25, 0.3) is 22.0 Å². The van der Waals surface area contributed by atoms with Crippen molar-refractivity contribution >= 4 is 23.1 Å². The molecule has 36 heavy (non-hydrogen) atoms. The Morgan fingerprint density at radius 1 is 1.17 bits per heavy atom. The third-order valence-electron chi connectivity index (χ3n) is 6.92. The lowest BCUT2D eigenvalue weighted by Crippen LogP contribution is -2.23. The number of aliphatic imine (C=N–C) groups is 1. The van der Waals surface area contributed by atoms with E-state index in [1.165, 1.54) is 0 Å². The number of aromatic nitrogens is 1. The first kappa shape index (κ1) is 23.4. The molecule has 5 rings (SSSR count). The smallest absolute Gasteiger partial charge is 0.335 e. The van der Waals surface area contributed by atoms with Crippen LogP contribution in [0.4, 0.5) is 0 Å². The normalized spacial score (nSPS) is 12.5. The highest BCUT2D eigenvalue weighted by Crippen LogP contribution is 2.44. The van der Waals surface area contributed by atoms with Crippen LogP contribution in [-0.4, -0.2) is 29.0 Å². The van der Waals surface area contributed by atoms with Crippen LogP contribution in [0.1, 0.15) is 53.0 Å². The third-order valence-corrected chi connectivity index (χ3v) is 6.92. The first-order chi connectivity index (χ1) is 17.3. The Hall–Kier alpha value is -4.37. The maximum absolute atomic E-state index is 11.5. The summed E-state index contributed by atoms with van der Waals surface area (Å²) in [5, 5.41) is 20.2. The zero-order chi connectivity index (χ0) is 25.4. The lowest BCUT2D eigenvalue weighted by Gasteiger charge is -2.27. The Labute approximate surface area is 210 Å². The number of para-hydroxylation sites is 1. The number of fused-ring (bicyclic) bond motifs is 2. The minimum atomic E-state index is -0.958. The summed E-state index contributed by atoms with van der Waals surface area (Å²) in [6, 6.07) is 21.7.